The molecular formula is C45H84N3O3+3. The van der Waals surface area contributed by atoms with E-state index in [1.54, 1.807) is 0 Å². The largest absolute Gasteiger partial charge is 0.347 e. The first-order valence-corrected chi connectivity index (χ1v) is 19.3. The number of hydrogen-bond acceptors (Lipinski definition) is 3. The molecule has 6 heteroatoms. The Morgan fingerprint density at radius 3 is 0.451 bits per heavy atom. The lowest BCUT2D eigenvalue weighted by Gasteiger charge is -2.62. The van der Waals surface area contributed by atoms with E-state index in [1.807, 2.05) is 18.2 Å². The fourth-order valence-electron chi connectivity index (χ4n) is 13.4. The monoisotopic (exact) mass is 715 g/mol. The van der Waals surface area contributed by atoms with Crippen molar-refractivity contribution in [2.24, 2.45) is 0 Å². The molecule has 1 aromatic carbocycles. The molecule has 0 N–H and O–H groups in total. The molecule has 0 bridgehead atoms. The fourth-order valence-corrected chi connectivity index (χ4v) is 13.4. The van der Waals surface area contributed by atoms with Crippen LogP contribution in [0.5, 0.6) is 0 Å². The Morgan fingerprint density at radius 2 is 0.373 bits per heavy atom. The molecule has 0 fully saturated rings. The predicted octanol–water partition coefficient (Wildman–Crippen LogP) is 11.7. The number of benzene rings is 1. The first-order chi connectivity index (χ1) is 21.8. The van der Waals surface area contributed by atoms with Gasteiger partial charge in [-0.3, -0.25) is 0 Å². The van der Waals surface area contributed by atoms with E-state index in [2.05, 4.69) is 187 Å². The number of quaternary nitrogens is 3. The van der Waals surface area contributed by atoms with Crippen molar-refractivity contribution in [1.82, 2.24) is 0 Å². The Morgan fingerprint density at radius 1 is 0.275 bits per heavy atom. The van der Waals surface area contributed by atoms with Crippen molar-refractivity contribution in [3.8, 4) is 0 Å². The van der Waals surface area contributed by atoms with E-state index in [1.165, 1.54) is 0 Å². The summed E-state index contributed by atoms with van der Waals surface area (Å²) in [5.41, 5.74) is -3.54. The maximum absolute atomic E-state index is 15.8. The summed E-state index contributed by atoms with van der Waals surface area (Å²) in [5, 5.41) is 0. The van der Waals surface area contributed by atoms with Gasteiger partial charge in [0.05, 0.1) is 66.5 Å². The molecule has 0 aliphatic rings. The Balaban J connectivity index is 4.93. The van der Waals surface area contributed by atoms with E-state index in [4.69, 9.17) is 0 Å². The molecule has 0 unspecified atom stereocenters. The van der Waals surface area contributed by atoms with E-state index in [-0.39, 0.29) is 31.2 Å². The van der Waals surface area contributed by atoms with Crippen LogP contribution in [0, 0.1) is 0 Å². The number of carbonyl (C=O) groups excluding carboxylic acids is 3. The highest BCUT2D eigenvalue weighted by atomic mass is 16.2. The van der Waals surface area contributed by atoms with Crippen LogP contribution in [0.2, 0.25) is 0 Å². The molecule has 6 nitrogen and oxygen atoms in total. The van der Waals surface area contributed by atoms with Crippen molar-refractivity contribution in [1.29, 1.82) is 0 Å². The van der Waals surface area contributed by atoms with Gasteiger partial charge in [-0.2, -0.15) is 0 Å². The van der Waals surface area contributed by atoms with Gasteiger partial charge >= 0.3 is 17.7 Å². The topological polar surface area (TPSA) is 51.2 Å². The summed E-state index contributed by atoms with van der Waals surface area (Å²) in [6, 6.07) is 5.44. The molecule has 0 saturated carbocycles. The Kier molecular flexibility index (Phi) is 11.9. The summed E-state index contributed by atoms with van der Waals surface area (Å²) in [6.45, 7) is 57.5. The molecule has 1 aromatic rings. The molecule has 51 heavy (non-hydrogen) atoms. The highest BCUT2D eigenvalue weighted by Gasteiger charge is 2.66. The minimum atomic E-state index is -0.526. The second-order valence-electron chi connectivity index (χ2n) is 24.3. The maximum Gasteiger partial charge on any atom is 0.347 e. The van der Waals surface area contributed by atoms with Crippen LogP contribution in [0.1, 0.15) is 218 Å². The number of hydrogen-bond donors (Lipinski definition) is 0. The molecule has 0 saturated heterocycles. The van der Waals surface area contributed by atoms with Gasteiger partial charge in [0.25, 0.3) is 0 Å². The van der Waals surface area contributed by atoms with Crippen LogP contribution >= 0.6 is 0 Å². The highest BCUT2D eigenvalue weighted by molar-refractivity contribution is 6.01. The molecule has 0 aliphatic carbocycles. The van der Waals surface area contributed by atoms with E-state index in [9.17, 15) is 0 Å². The first kappa shape index (κ1) is 47.1. The summed E-state index contributed by atoms with van der Waals surface area (Å²) in [7, 11) is 0. The zero-order valence-corrected chi connectivity index (χ0v) is 38.8. The molecular weight excluding hydrogens is 631 g/mol. The average molecular weight is 715 g/mol. The van der Waals surface area contributed by atoms with Gasteiger partial charge in [-0.05, 0) is 205 Å². The van der Waals surface area contributed by atoms with Crippen molar-refractivity contribution in [3.63, 3.8) is 0 Å². The predicted molar refractivity (Wildman–Crippen MR) is 218 cm³/mol. The minimum absolute atomic E-state index is 0.0908. The third-order valence-electron chi connectivity index (χ3n) is 11.6. The van der Waals surface area contributed by atoms with E-state index in [0.717, 1.165) is 0 Å². The van der Waals surface area contributed by atoms with Gasteiger partial charge in [0, 0.05) is 0 Å². The first-order valence-electron chi connectivity index (χ1n) is 19.3. The fraction of sp³-hybridized carbons (Fsp3) is 0.800. The average Bonchev–Trinajstić information content (AvgIpc) is 2.75. The van der Waals surface area contributed by atoms with Crippen molar-refractivity contribution in [2.75, 3.05) is 0 Å². The second-order valence-corrected chi connectivity index (χ2v) is 24.3. The Bertz CT molecular complexity index is 1180. The van der Waals surface area contributed by atoms with Gasteiger partial charge in [0.2, 0.25) is 0 Å². The molecule has 0 heterocycles. The maximum atomic E-state index is 15.8. The standard InChI is InChI=1S/C45H84N3O3/c1-37(2,3)46(38(4,5)6,39(7,8)9)34(49)31-28-32(35(50)47(40(10,11)12,41(13,14)15)42(16,17)18)30-33(29-31)36(51)48(43(19,20)21,44(22,23)24)45(25,26)27/h28-30H,1-27H3/q+3. The van der Waals surface area contributed by atoms with Gasteiger partial charge in [-0.1, -0.05) is 0 Å². The summed E-state index contributed by atoms with van der Waals surface area (Å²) in [4.78, 5) is 47.3. The van der Waals surface area contributed by atoms with Crippen LogP contribution in [0.15, 0.2) is 18.2 Å². The Hall–Kier alpha value is -1.89. The summed E-state index contributed by atoms with van der Waals surface area (Å²) < 4.78 is 0.315. The van der Waals surface area contributed by atoms with Gasteiger partial charge in [0.1, 0.15) is 0 Å². The Labute approximate surface area is 316 Å². The van der Waals surface area contributed by atoms with Gasteiger partial charge in [-0.25, -0.2) is 27.8 Å². The minimum Gasteiger partial charge on any atom is -0.244 e. The SMILES string of the molecule is CC(C)(C)[N+](C(=O)c1cc(C(=O)[N+](C(C)(C)C)(C(C)(C)C)C(C)(C)C)cc(C(=O)[N+](C(C)(C)C)(C(C)(C)C)C(C)(C)C)c1)(C(C)(C)C)C(C)(C)C. The lowest BCUT2D eigenvalue weighted by Crippen LogP contribution is -2.79. The molecule has 0 aromatic heterocycles. The molecule has 3 amide bonds. The van der Waals surface area contributed by atoms with Crippen LogP contribution in [-0.4, -0.2) is 81.0 Å². The number of nitrogens with zero attached hydrogens (tertiary/aromatic N) is 3. The van der Waals surface area contributed by atoms with E-state index in [0.29, 0.717) is 16.7 Å². The normalized spacial score (nSPS) is 15.6. The molecule has 0 atom stereocenters. The van der Waals surface area contributed by atoms with Gasteiger partial charge in [-0.15, -0.1) is 0 Å². The summed E-state index contributed by atoms with van der Waals surface area (Å²) in [6.07, 6.45) is 0. The smallest absolute Gasteiger partial charge is 0.244 e. The van der Waals surface area contributed by atoms with E-state index < -0.39 is 49.9 Å². The van der Waals surface area contributed by atoms with Crippen molar-refractivity contribution in [3.05, 3.63) is 34.9 Å². The third-order valence-corrected chi connectivity index (χ3v) is 11.6. The van der Waals surface area contributed by atoms with E-state index >= 15 is 14.4 Å². The summed E-state index contributed by atoms with van der Waals surface area (Å²) >= 11 is 0. The van der Waals surface area contributed by atoms with Gasteiger partial charge < -0.3 is 0 Å². The number of carbonyl (C=O) groups is 3. The van der Waals surface area contributed by atoms with Crippen LogP contribution < -0.4 is 0 Å². The van der Waals surface area contributed by atoms with Crippen LogP contribution in [0.4, 0.5) is 0 Å². The van der Waals surface area contributed by atoms with Crippen LogP contribution in [0.25, 0.3) is 0 Å². The highest BCUT2D eigenvalue weighted by Crippen LogP contribution is 2.50. The van der Waals surface area contributed by atoms with Crippen molar-refractivity contribution in [2.45, 2.75) is 237 Å². The molecule has 0 aliphatic heterocycles. The van der Waals surface area contributed by atoms with Gasteiger partial charge in [0.15, 0.2) is 0 Å². The number of rotatable bonds is 3. The second kappa shape index (κ2) is 12.9. The van der Waals surface area contributed by atoms with Crippen LogP contribution in [0.3, 0.4) is 0 Å². The lowest BCUT2D eigenvalue weighted by atomic mass is 9.78. The summed E-state index contributed by atoms with van der Waals surface area (Å²) in [5.74, 6) is -0.272. The molecule has 294 valence electrons. The van der Waals surface area contributed by atoms with Crippen molar-refractivity contribution < 1.29 is 27.8 Å². The zero-order valence-electron chi connectivity index (χ0n) is 38.8. The lowest BCUT2D eigenvalue weighted by molar-refractivity contribution is -0.979. The molecule has 0 spiro atoms. The van der Waals surface area contributed by atoms with Crippen LogP contribution in [-0.2, 0) is 0 Å². The zero-order chi connectivity index (χ0) is 41.6. The molecule has 0 radical (unpaired) electrons. The number of amides is 3. The molecule has 1 rings (SSSR count). The van der Waals surface area contributed by atoms with Crippen molar-refractivity contribution >= 4 is 17.7 Å². The third kappa shape index (κ3) is 6.97. The quantitative estimate of drug-likeness (QED) is 0.293.